The topological polar surface area (TPSA) is 67.1 Å². The van der Waals surface area contributed by atoms with Gasteiger partial charge in [-0.25, -0.2) is 4.99 Å². The van der Waals surface area contributed by atoms with Gasteiger partial charge in [-0.3, -0.25) is 9.67 Å². The van der Waals surface area contributed by atoms with Crippen molar-refractivity contribution in [1.29, 1.82) is 0 Å². The van der Waals surface area contributed by atoms with Crippen LogP contribution in [-0.4, -0.2) is 33.8 Å². The molecular weight excluding hydrogens is 475 g/mol. The summed E-state index contributed by atoms with van der Waals surface area (Å²) in [5, 5.41) is 11.0. The summed E-state index contributed by atoms with van der Waals surface area (Å²) in [6, 6.07) is 14.5. The maximum Gasteiger partial charge on any atom is 0.191 e. The third-order valence-corrected chi connectivity index (χ3v) is 4.44. The number of nitrogens with one attached hydrogen (secondary N) is 2. The van der Waals surface area contributed by atoms with E-state index >= 15 is 0 Å². The van der Waals surface area contributed by atoms with Crippen molar-refractivity contribution in [3.05, 3.63) is 83.4 Å². The number of halogens is 1. The molecule has 0 saturated heterocycles. The number of rotatable bonds is 8. The fraction of sp³-hybridized carbons (Fsp3) is 0.318. The highest BCUT2D eigenvalue weighted by Crippen LogP contribution is 2.11. The molecule has 2 N–H and O–H groups in total. The SMILES string of the molecule is CCNC(=NCc1ccccc1Cn1cccn1)NCCc1ccc(C)nc1.I. The summed E-state index contributed by atoms with van der Waals surface area (Å²) in [6.45, 7) is 7.09. The first-order chi connectivity index (χ1) is 13.7. The molecular formula is C22H29IN6. The van der Waals surface area contributed by atoms with Crippen LogP contribution in [0.5, 0.6) is 0 Å². The van der Waals surface area contributed by atoms with Crippen LogP contribution in [0.4, 0.5) is 0 Å². The van der Waals surface area contributed by atoms with Crippen molar-refractivity contribution in [2.75, 3.05) is 13.1 Å². The van der Waals surface area contributed by atoms with E-state index in [4.69, 9.17) is 4.99 Å². The van der Waals surface area contributed by atoms with Crippen LogP contribution in [-0.2, 0) is 19.5 Å². The molecule has 0 aliphatic heterocycles. The molecule has 7 heteroatoms. The summed E-state index contributed by atoms with van der Waals surface area (Å²) in [5.74, 6) is 0.830. The summed E-state index contributed by atoms with van der Waals surface area (Å²) in [4.78, 5) is 9.12. The Morgan fingerprint density at radius 3 is 2.59 bits per heavy atom. The summed E-state index contributed by atoms with van der Waals surface area (Å²) >= 11 is 0. The Morgan fingerprint density at radius 2 is 1.90 bits per heavy atom. The molecule has 2 heterocycles. The van der Waals surface area contributed by atoms with Gasteiger partial charge in [0.25, 0.3) is 0 Å². The lowest BCUT2D eigenvalue weighted by Crippen LogP contribution is -2.38. The molecule has 0 aliphatic carbocycles. The minimum atomic E-state index is 0. The Hall–Kier alpha value is -2.42. The van der Waals surface area contributed by atoms with E-state index in [1.165, 1.54) is 16.7 Å². The molecule has 154 valence electrons. The maximum absolute atomic E-state index is 4.77. The zero-order chi connectivity index (χ0) is 19.6. The van der Waals surface area contributed by atoms with Crippen LogP contribution < -0.4 is 10.6 Å². The van der Waals surface area contributed by atoms with E-state index < -0.39 is 0 Å². The Balaban J connectivity index is 0.00000300. The lowest BCUT2D eigenvalue weighted by molar-refractivity contribution is 0.680. The van der Waals surface area contributed by atoms with Crippen molar-refractivity contribution >= 4 is 29.9 Å². The third-order valence-electron chi connectivity index (χ3n) is 4.44. The highest BCUT2D eigenvalue weighted by atomic mass is 127. The van der Waals surface area contributed by atoms with E-state index in [0.29, 0.717) is 6.54 Å². The van der Waals surface area contributed by atoms with Crippen LogP contribution in [0, 0.1) is 6.92 Å². The standard InChI is InChI=1S/C22H28N6.HI/c1-3-23-22(24-13-11-19-10-9-18(2)25-15-19)26-16-20-7-4-5-8-21(20)17-28-14-6-12-27-28;/h4-10,12,14-15H,3,11,13,16-17H2,1-2H3,(H2,23,24,26);1H. The molecule has 0 unspecified atom stereocenters. The number of benzene rings is 1. The lowest BCUT2D eigenvalue weighted by Gasteiger charge is -2.13. The predicted molar refractivity (Wildman–Crippen MR) is 129 cm³/mol. The molecule has 0 bridgehead atoms. The zero-order valence-corrected chi connectivity index (χ0v) is 19.3. The van der Waals surface area contributed by atoms with Gasteiger partial charge in [0.05, 0.1) is 13.1 Å². The fourth-order valence-electron chi connectivity index (χ4n) is 2.91. The minimum Gasteiger partial charge on any atom is -0.357 e. The molecule has 3 aromatic rings. The van der Waals surface area contributed by atoms with Crippen molar-refractivity contribution in [3.63, 3.8) is 0 Å². The smallest absolute Gasteiger partial charge is 0.191 e. The van der Waals surface area contributed by atoms with Gasteiger partial charge in [0.15, 0.2) is 5.96 Å². The van der Waals surface area contributed by atoms with Gasteiger partial charge in [-0.05, 0) is 49.1 Å². The molecule has 0 aliphatic rings. The van der Waals surface area contributed by atoms with Gasteiger partial charge < -0.3 is 10.6 Å². The van der Waals surface area contributed by atoms with E-state index in [1.807, 2.05) is 36.1 Å². The van der Waals surface area contributed by atoms with Crippen LogP contribution in [0.25, 0.3) is 0 Å². The Labute approximate surface area is 189 Å². The van der Waals surface area contributed by atoms with Crippen molar-refractivity contribution < 1.29 is 0 Å². The first kappa shape index (κ1) is 22.9. The summed E-state index contributed by atoms with van der Waals surface area (Å²) in [5.41, 5.74) is 4.70. The maximum atomic E-state index is 4.77. The van der Waals surface area contributed by atoms with E-state index in [2.05, 4.69) is 58.0 Å². The molecule has 3 rings (SSSR count). The van der Waals surface area contributed by atoms with Crippen LogP contribution in [0.1, 0.15) is 29.3 Å². The molecule has 0 spiro atoms. The van der Waals surface area contributed by atoms with Crippen LogP contribution in [0.2, 0.25) is 0 Å². The second kappa shape index (κ2) is 12.2. The van der Waals surface area contributed by atoms with Crippen molar-refractivity contribution in [2.45, 2.75) is 33.4 Å². The average Bonchev–Trinajstić information content (AvgIpc) is 3.22. The van der Waals surface area contributed by atoms with E-state index in [-0.39, 0.29) is 24.0 Å². The molecule has 0 amide bonds. The molecule has 0 saturated carbocycles. The number of nitrogens with zero attached hydrogens (tertiary/aromatic N) is 4. The largest absolute Gasteiger partial charge is 0.357 e. The molecule has 0 radical (unpaired) electrons. The number of hydrogen-bond donors (Lipinski definition) is 2. The molecule has 29 heavy (non-hydrogen) atoms. The normalized spacial score (nSPS) is 11.0. The van der Waals surface area contributed by atoms with Crippen molar-refractivity contribution in [2.24, 2.45) is 4.99 Å². The first-order valence-electron chi connectivity index (χ1n) is 9.72. The molecule has 0 fully saturated rings. The van der Waals surface area contributed by atoms with Crippen LogP contribution in [0.3, 0.4) is 0 Å². The predicted octanol–water partition coefficient (Wildman–Crippen LogP) is 3.55. The summed E-state index contributed by atoms with van der Waals surface area (Å²) < 4.78 is 1.93. The number of aliphatic imine (C=N–C) groups is 1. The molecule has 1 aromatic carbocycles. The second-order valence-electron chi connectivity index (χ2n) is 6.65. The Kier molecular flexibility index (Phi) is 9.63. The quantitative estimate of drug-likeness (QED) is 0.280. The van der Waals surface area contributed by atoms with Crippen LogP contribution in [0.15, 0.2) is 66.0 Å². The van der Waals surface area contributed by atoms with Gasteiger partial charge in [-0.1, -0.05) is 30.3 Å². The summed E-state index contributed by atoms with van der Waals surface area (Å²) in [6.07, 6.45) is 6.63. The molecule has 2 aromatic heterocycles. The van der Waals surface area contributed by atoms with Gasteiger partial charge in [0, 0.05) is 37.4 Å². The van der Waals surface area contributed by atoms with Crippen molar-refractivity contribution in [3.8, 4) is 0 Å². The number of hydrogen-bond acceptors (Lipinski definition) is 3. The monoisotopic (exact) mass is 504 g/mol. The number of pyridine rings is 1. The average molecular weight is 504 g/mol. The molecule has 6 nitrogen and oxygen atoms in total. The third kappa shape index (κ3) is 7.49. The lowest BCUT2D eigenvalue weighted by atomic mass is 10.1. The van der Waals surface area contributed by atoms with Gasteiger partial charge in [-0.15, -0.1) is 24.0 Å². The number of aryl methyl sites for hydroxylation is 1. The van der Waals surface area contributed by atoms with Gasteiger partial charge in [0.1, 0.15) is 0 Å². The fourth-order valence-corrected chi connectivity index (χ4v) is 2.91. The zero-order valence-electron chi connectivity index (χ0n) is 17.0. The Bertz CT molecular complexity index is 875. The second-order valence-corrected chi connectivity index (χ2v) is 6.65. The van der Waals surface area contributed by atoms with Crippen LogP contribution >= 0.6 is 24.0 Å². The highest BCUT2D eigenvalue weighted by molar-refractivity contribution is 14.0. The van der Waals surface area contributed by atoms with Crippen molar-refractivity contribution in [1.82, 2.24) is 25.4 Å². The van der Waals surface area contributed by atoms with E-state index in [1.54, 1.807) is 6.20 Å². The highest BCUT2D eigenvalue weighted by Gasteiger charge is 2.04. The van der Waals surface area contributed by atoms with Gasteiger partial charge in [0.2, 0.25) is 0 Å². The first-order valence-corrected chi connectivity index (χ1v) is 9.72. The number of aromatic nitrogens is 3. The summed E-state index contributed by atoms with van der Waals surface area (Å²) in [7, 11) is 0. The number of guanidine groups is 1. The van der Waals surface area contributed by atoms with Gasteiger partial charge in [-0.2, -0.15) is 5.10 Å². The minimum absolute atomic E-state index is 0. The van der Waals surface area contributed by atoms with E-state index in [9.17, 15) is 0 Å². The van der Waals surface area contributed by atoms with E-state index in [0.717, 1.165) is 37.7 Å². The van der Waals surface area contributed by atoms with Gasteiger partial charge >= 0.3 is 0 Å². The molecule has 0 atom stereocenters. The Morgan fingerprint density at radius 1 is 1.07 bits per heavy atom.